The third kappa shape index (κ3) is 3.78. The fourth-order valence-electron chi connectivity index (χ4n) is 4.50. The first-order chi connectivity index (χ1) is 16.3. The van der Waals surface area contributed by atoms with Crippen molar-refractivity contribution < 1.29 is 28.2 Å². The van der Waals surface area contributed by atoms with Crippen molar-refractivity contribution in [1.29, 1.82) is 0 Å². The van der Waals surface area contributed by atoms with Gasteiger partial charge >= 0.3 is 6.09 Å². The maximum atomic E-state index is 15.0. The molecule has 34 heavy (non-hydrogen) atoms. The summed E-state index contributed by atoms with van der Waals surface area (Å²) in [6.07, 6.45) is 0.110. The number of carbonyl (C=O) groups is 2. The van der Waals surface area contributed by atoms with Gasteiger partial charge in [-0.05, 0) is 42.7 Å². The highest BCUT2D eigenvalue weighted by Crippen LogP contribution is 2.45. The molecule has 2 atom stereocenters. The number of ether oxygens (including phenoxy) is 1. The summed E-state index contributed by atoms with van der Waals surface area (Å²) in [6, 6.07) is 8.11. The number of fused-ring (bicyclic) bond motifs is 2. The van der Waals surface area contributed by atoms with E-state index in [1.165, 1.54) is 47.5 Å². The fraction of sp³-hybridized carbons (Fsp3) is 0.261. The molecule has 0 bridgehead atoms. The molecular weight excluding hydrogens is 470 g/mol. The molecule has 1 aromatic heterocycles. The molecule has 3 N–H and O–H groups in total. The highest BCUT2D eigenvalue weighted by Gasteiger charge is 2.48. The number of hydrogen-bond acceptors (Lipinski definition) is 5. The van der Waals surface area contributed by atoms with E-state index in [1.807, 2.05) is 0 Å². The number of aromatic amines is 1. The normalized spacial score (nSPS) is 20.5. The van der Waals surface area contributed by atoms with Crippen LogP contribution in [0, 0.1) is 11.6 Å². The molecule has 3 heterocycles. The zero-order valence-corrected chi connectivity index (χ0v) is 18.4. The van der Waals surface area contributed by atoms with E-state index in [-0.39, 0.29) is 34.3 Å². The van der Waals surface area contributed by atoms with E-state index >= 15 is 4.39 Å². The largest absolute Gasteiger partial charge is 0.436 e. The van der Waals surface area contributed by atoms with Crippen LogP contribution in [0.15, 0.2) is 42.6 Å². The number of likely N-dealkylation sites (tertiary alicyclic amines) is 1. The Morgan fingerprint density at radius 2 is 2.00 bits per heavy atom. The van der Waals surface area contributed by atoms with Gasteiger partial charge < -0.3 is 19.7 Å². The van der Waals surface area contributed by atoms with Gasteiger partial charge in [-0.15, -0.1) is 0 Å². The third-order valence-corrected chi connectivity index (χ3v) is 6.38. The standard InChI is InChI=1S/C23H19ClF2N4O4/c24-14-6-7-15-17(18(14)26)23(34-22(33)29-15)8-1-9-30(11-23)21(32)16-10-27-20(28-16)19(31)12-2-4-13(25)5-3-12/h2-7,10,19,31H,1,8-9,11H2,(H,27,28)(H,29,33)/t19-,23-/m0/s1. The molecule has 0 radical (unpaired) electrons. The predicted molar refractivity (Wildman–Crippen MR) is 117 cm³/mol. The number of aromatic nitrogens is 2. The van der Waals surface area contributed by atoms with E-state index in [9.17, 15) is 19.1 Å². The van der Waals surface area contributed by atoms with Crippen molar-refractivity contribution in [2.45, 2.75) is 24.5 Å². The van der Waals surface area contributed by atoms with Crippen molar-refractivity contribution in [2.24, 2.45) is 0 Å². The summed E-state index contributed by atoms with van der Waals surface area (Å²) in [5.41, 5.74) is -0.540. The van der Waals surface area contributed by atoms with Crippen LogP contribution in [0.3, 0.4) is 0 Å². The molecule has 1 spiro atoms. The Bertz CT molecular complexity index is 1280. The number of imidazole rings is 1. The third-order valence-electron chi connectivity index (χ3n) is 6.09. The second-order valence-corrected chi connectivity index (χ2v) is 8.67. The Morgan fingerprint density at radius 1 is 1.24 bits per heavy atom. The van der Waals surface area contributed by atoms with E-state index in [1.54, 1.807) is 0 Å². The number of carbonyl (C=O) groups excluding carboxylic acids is 2. The van der Waals surface area contributed by atoms with Crippen LogP contribution in [0.1, 0.15) is 46.4 Å². The molecule has 2 aromatic carbocycles. The number of benzene rings is 2. The summed E-state index contributed by atoms with van der Waals surface area (Å²) in [7, 11) is 0. The fourth-order valence-corrected chi connectivity index (χ4v) is 4.66. The Labute approximate surface area is 197 Å². The van der Waals surface area contributed by atoms with Gasteiger partial charge in [0.2, 0.25) is 0 Å². The smallest absolute Gasteiger partial charge is 0.412 e. The lowest BCUT2D eigenvalue weighted by atomic mass is 9.83. The molecule has 1 saturated heterocycles. The lowest BCUT2D eigenvalue weighted by Crippen LogP contribution is -2.53. The molecule has 2 aliphatic rings. The minimum Gasteiger partial charge on any atom is -0.436 e. The van der Waals surface area contributed by atoms with Crippen molar-refractivity contribution in [3.63, 3.8) is 0 Å². The number of amides is 2. The van der Waals surface area contributed by atoms with Crippen LogP contribution in [0.25, 0.3) is 0 Å². The number of halogens is 3. The molecule has 0 aliphatic carbocycles. The van der Waals surface area contributed by atoms with Crippen molar-refractivity contribution in [2.75, 3.05) is 18.4 Å². The number of rotatable bonds is 3. The van der Waals surface area contributed by atoms with E-state index in [0.717, 1.165) is 0 Å². The molecule has 0 unspecified atom stereocenters. The van der Waals surface area contributed by atoms with Gasteiger partial charge in [0, 0.05) is 6.54 Å². The molecule has 5 rings (SSSR count). The van der Waals surface area contributed by atoms with Gasteiger partial charge in [0.15, 0.2) is 11.4 Å². The van der Waals surface area contributed by atoms with Crippen molar-refractivity contribution in [1.82, 2.24) is 14.9 Å². The van der Waals surface area contributed by atoms with Gasteiger partial charge in [-0.1, -0.05) is 23.7 Å². The van der Waals surface area contributed by atoms with Gasteiger partial charge in [-0.2, -0.15) is 0 Å². The number of H-pyrrole nitrogens is 1. The molecule has 0 saturated carbocycles. The van der Waals surface area contributed by atoms with Crippen LogP contribution in [-0.2, 0) is 10.3 Å². The maximum Gasteiger partial charge on any atom is 0.412 e. The number of piperidine rings is 1. The van der Waals surface area contributed by atoms with Gasteiger partial charge in [0.1, 0.15) is 23.4 Å². The van der Waals surface area contributed by atoms with E-state index in [0.29, 0.717) is 24.9 Å². The zero-order chi connectivity index (χ0) is 24.0. The molecule has 8 nitrogen and oxygen atoms in total. The van der Waals surface area contributed by atoms with Crippen LogP contribution < -0.4 is 5.32 Å². The van der Waals surface area contributed by atoms with Gasteiger partial charge in [-0.3, -0.25) is 10.1 Å². The maximum absolute atomic E-state index is 15.0. The lowest BCUT2D eigenvalue weighted by Gasteiger charge is -2.45. The number of anilines is 1. The average Bonchev–Trinajstić information content (AvgIpc) is 3.31. The van der Waals surface area contributed by atoms with Gasteiger partial charge in [-0.25, -0.2) is 18.6 Å². The van der Waals surface area contributed by atoms with Crippen LogP contribution >= 0.6 is 11.6 Å². The summed E-state index contributed by atoms with van der Waals surface area (Å²) >= 11 is 5.99. The second-order valence-electron chi connectivity index (χ2n) is 8.26. The first-order valence-corrected chi connectivity index (χ1v) is 10.9. The first-order valence-electron chi connectivity index (χ1n) is 10.5. The number of nitrogens with one attached hydrogen (secondary N) is 2. The number of hydrogen-bond donors (Lipinski definition) is 3. The lowest BCUT2D eigenvalue weighted by molar-refractivity contribution is -0.0419. The van der Waals surface area contributed by atoms with Crippen molar-refractivity contribution in [3.05, 3.63) is 81.9 Å². The molecule has 176 valence electrons. The summed E-state index contributed by atoms with van der Waals surface area (Å²) in [5, 5.41) is 12.9. The first kappa shape index (κ1) is 22.3. The summed E-state index contributed by atoms with van der Waals surface area (Å²) in [6.45, 7) is 0.260. The summed E-state index contributed by atoms with van der Waals surface area (Å²) < 4.78 is 33.8. The quantitative estimate of drug-likeness (QED) is 0.514. The average molecular weight is 489 g/mol. The second kappa shape index (κ2) is 8.37. The van der Waals surface area contributed by atoms with E-state index in [4.69, 9.17) is 16.3 Å². The minimum atomic E-state index is -1.39. The van der Waals surface area contributed by atoms with Crippen molar-refractivity contribution in [3.8, 4) is 0 Å². The Hall–Kier alpha value is -3.50. The summed E-state index contributed by atoms with van der Waals surface area (Å²) in [5.74, 6) is -1.50. The van der Waals surface area contributed by atoms with Crippen LogP contribution in [0.2, 0.25) is 5.02 Å². The van der Waals surface area contributed by atoms with Crippen LogP contribution in [-0.4, -0.2) is 45.1 Å². The Balaban J connectivity index is 1.41. The zero-order valence-electron chi connectivity index (χ0n) is 17.6. The Morgan fingerprint density at radius 3 is 2.76 bits per heavy atom. The SMILES string of the molecule is O=C1Nc2ccc(Cl)c(F)c2[C@@]2(CCCN(C(=O)c3cnc([C@@H](O)c4ccc(F)cc4)[nH]3)C2)O1. The molecule has 2 amide bonds. The highest BCUT2D eigenvalue weighted by atomic mass is 35.5. The summed E-state index contributed by atoms with van der Waals surface area (Å²) in [4.78, 5) is 33.8. The molecule has 1 fully saturated rings. The highest BCUT2D eigenvalue weighted by molar-refractivity contribution is 6.31. The molecule has 2 aliphatic heterocycles. The minimum absolute atomic E-state index is 0.0849. The topological polar surface area (TPSA) is 108 Å². The van der Waals surface area contributed by atoms with Crippen LogP contribution in [0.4, 0.5) is 19.3 Å². The number of nitrogens with zero attached hydrogens (tertiary/aromatic N) is 2. The predicted octanol–water partition coefficient (Wildman–Crippen LogP) is 4.12. The molecule has 11 heteroatoms. The number of aliphatic hydroxyl groups is 1. The van der Waals surface area contributed by atoms with E-state index in [2.05, 4.69) is 15.3 Å². The van der Waals surface area contributed by atoms with Crippen molar-refractivity contribution >= 4 is 29.3 Å². The molecule has 3 aromatic rings. The van der Waals surface area contributed by atoms with Crippen LogP contribution in [0.5, 0.6) is 0 Å². The van der Waals surface area contributed by atoms with E-state index < -0.39 is 35.3 Å². The van der Waals surface area contributed by atoms with Gasteiger partial charge in [0.25, 0.3) is 5.91 Å². The number of aliphatic hydroxyl groups excluding tert-OH is 1. The Kier molecular flexibility index (Phi) is 5.49. The van der Waals surface area contributed by atoms with Gasteiger partial charge in [0.05, 0.1) is 29.0 Å². The molecular formula is C23H19ClF2N4O4. The monoisotopic (exact) mass is 488 g/mol.